The number of aryl methyl sites for hydroxylation is 1. The van der Waals surface area contributed by atoms with Crippen LogP contribution in [-0.2, 0) is 11.2 Å². The standard InChI is InChI=1S/C23H35N3O3S/c1-3-8-19-18(23(29)25(2)17-10-5-4-6-11-17)14-20(30)22(24-19)26-12-7-9-16(15-26)13-21(27)28/h14,16-17,30H,3-13,15H2,1-2H3,(H,27,28)/t16-/m0/s1. The molecule has 1 aromatic heterocycles. The number of carbonyl (C=O) groups is 2. The number of amides is 1. The minimum absolute atomic E-state index is 0.0436. The van der Waals surface area contributed by atoms with Crippen molar-refractivity contribution in [3.05, 3.63) is 17.3 Å². The number of nitrogens with zero attached hydrogens (tertiary/aromatic N) is 3. The highest BCUT2D eigenvalue weighted by Crippen LogP contribution is 2.31. The number of piperidine rings is 1. The SMILES string of the molecule is CCCc1nc(N2CCC[C@@H](CC(=O)O)C2)c(S)cc1C(=O)N(C)C1CCCCC1. The fourth-order valence-electron chi connectivity index (χ4n) is 4.87. The Morgan fingerprint density at radius 1 is 1.23 bits per heavy atom. The van der Waals surface area contributed by atoms with Crippen LogP contribution in [0.15, 0.2) is 11.0 Å². The molecule has 2 aliphatic rings. The molecule has 1 N–H and O–H groups in total. The van der Waals surface area contributed by atoms with Gasteiger partial charge in [0.1, 0.15) is 5.82 Å². The van der Waals surface area contributed by atoms with Crippen LogP contribution in [0.5, 0.6) is 0 Å². The van der Waals surface area contributed by atoms with Gasteiger partial charge in [0.15, 0.2) is 0 Å². The summed E-state index contributed by atoms with van der Waals surface area (Å²) in [5.41, 5.74) is 1.50. The summed E-state index contributed by atoms with van der Waals surface area (Å²) < 4.78 is 0. The van der Waals surface area contributed by atoms with E-state index >= 15 is 0 Å². The molecule has 0 spiro atoms. The Kier molecular flexibility index (Phi) is 8.03. The molecule has 7 heteroatoms. The quantitative estimate of drug-likeness (QED) is 0.623. The van der Waals surface area contributed by atoms with Crippen molar-refractivity contribution < 1.29 is 14.7 Å². The lowest BCUT2D eigenvalue weighted by Crippen LogP contribution is -2.39. The summed E-state index contributed by atoms with van der Waals surface area (Å²) in [6.45, 7) is 3.62. The van der Waals surface area contributed by atoms with Gasteiger partial charge < -0.3 is 14.9 Å². The number of hydrogen-bond donors (Lipinski definition) is 2. The number of rotatable bonds is 7. The van der Waals surface area contributed by atoms with Crippen LogP contribution in [0.3, 0.4) is 0 Å². The first-order valence-electron chi connectivity index (χ1n) is 11.4. The van der Waals surface area contributed by atoms with Crippen molar-refractivity contribution in [1.29, 1.82) is 0 Å². The zero-order valence-corrected chi connectivity index (χ0v) is 19.2. The molecule has 0 radical (unpaired) electrons. The zero-order valence-electron chi connectivity index (χ0n) is 18.3. The Labute approximate surface area is 185 Å². The third kappa shape index (κ3) is 5.48. The largest absolute Gasteiger partial charge is 0.481 e. The third-order valence-electron chi connectivity index (χ3n) is 6.50. The van der Waals surface area contributed by atoms with Crippen LogP contribution in [0, 0.1) is 5.92 Å². The van der Waals surface area contributed by atoms with Crippen molar-refractivity contribution >= 4 is 30.3 Å². The van der Waals surface area contributed by atoms with Gasteiger partial charge >= 0.3 is 5.97 Å². The normalized spacial score (nSPS) is 20.2. The average Bonchev–Trinajstić information content (AvgIpc) is 2.74. The van der Waals surface area contributed by atoms with Gasteiger partial charge in [-0.2, -0.15) is 0 Å². The number of aromatic nitrogens is 1. The van der Waals surface area contributed by atoms with Gasteiger partial charge in [0.2, 0.25) is 0 Å². The van der Waals surface area contributed by atoms with E-state index in [0.29, 0.717) is 23.0 Å². The first-order valence-corrected chi connectivity index (χ1v) is 11.8. The molecular formula is C23H35N3O3S. The Morgan fingerprint density at radius 2 is 1.97 bits per heavy atom. The Hall–Kier alpha value is -1.76. The van der Waals surface area contributed by atoms with E-state index in [-0.39, 0.29) is 18.2 Å². The summed E-state index contributed by atoms with van der Waals surface area (Å²) in [4.78, 5) is 34.1. The fourth-order valence-corrected chi connectivity index (χ4v) is 5.19. The molecule has 1 saturated carbocycles. The van der Waals surface area contributed by atoms with Crippen LogP contribution >= 0.6 is 12.6 Å². The Balaban J connectivity index is 1.84. The second kappa shape index (κ2) is 10.5. The highest BCUT2D eigenvalue weighted by molar-refractivity contribution is 7.80. The van der Waals surface area contributed by atoms with Gasteiger partial charge in [-0.3, -0.25) is 9.59 Å². The van der Waals surface area contributed by atoms with E-state index < -0.39 is 5.97 Å². The maximum absolute atomic E-state index is 13.3. The summed E-state index contributed by atoms with van der Waals surface area (Å²) in [5, 5.41) is 9.16. The van der Waals surface area contributed by atoms with E-state index in [4.69, 9.17) is 22.7 Å². The van der Waals surface area contributed by atoms with Crippen molar-refractivity contribution in [3.8, 4) is 0 Å². The lowest BCUT2D eigenvalue weighted by atomic mass is 9.93. The van der Waals surface area contributed by atoms with Gasteiger partial charge in [0, 0.05) is 37.5 Å². The van der Waals surface area contributed by atoms with Gasteiger partial charge in [-0.1, -0.05) is 32.6 Å². The van der Waals surface area contributed by atoms with Crippen molar-refractivity contribution in [2.75, 3.05) is 25.0 Å². The number of hydrogen-bond acceptors (Lipinski definition) is 5. The first kappa shape index (κ1) is 22.9. The fraction of sp³-hybridized carbons (Fsp3) is 0.696. The number of carbonyl (C=O) groups excluding carboxylic acids is 1. The van der Waals surface area contributed by atoms with E-state index in [2.05, 4.69) is 11.8 Å². The molecule has 0 bridgehead atoms. The molecule has 0 aromatic carbocycles. The van der Waals surface area contributed by atoms with Gasteiger partial charge in [-0.25, -0.2) is 4.98 Å². The lowest BCUT2D eigenvalue weighted by Gasteiger charge is -2.35. The summed E-state index contributed by atoms with van der Waals surface area (Å²) >= 11 is 4.69. The Bertz CT molecular complexity index is 764. The number of carboxylic acids is 1. The topological polar surface area (TPSA) is 73.7 Å². The molecule has 1 saturated heterocycles. The van der Waals surface area contributed by atoms with Crippen molar-refractivity contribution in [3.63, 3.8) is 0 Å². The third-order valence-corrected chi connectivity index (χ3v) is 6.83. The molecule has 3 rings (SSSR count). The van der Waals surface area contributed by atoms with Gasteiger partial charge in [0.05, 0.1) is 11.3 Å². The maximum atomic E-state index is 13.3. The van der Waals surface area contributed by atoms with E-state index in [0.717, 1.165) is 56.6 Å². The van der Waals surface area contributed by atoms with Crippen LogP contribution in [0.25, 0.3) is 0 Å². The molecule has 1 aromatic rings. The van der Waals surface area contributed by atoms with Gasteiger partial charge in [0.25, 0.3) is 5.91 Å². The first-order chi connectivity index (χ1) is 14.4. The predicted molar refractivity (Wildman–Crippen MR) is 122 cm³/mol. The molecule has 30 heavy (non-hydrogen) atoms. The molecule has 1 aliphatic carbocycles. The number of anilines is 1. The minimum Gasteiger partial charge on any atom is -0.481 e. The molecule has 2 fully saturated rings. The Morgan fingerprint density at radius 3 is 2.63 bits per heavy atom. The predicted octanol–water partition coefficient (Wildman–Crippen LogP) is 4.42. The average molecular weight is 434 g/mol. The van der Waals surface area contributed by atoms with Gasteiger partial charge in [-0.05, 0) is 44.1 Å². The summed E-state index contributed by atoms with van der Waals surface area (Å²) in [6, 6.07) is 2.20. The highest BCUT2D eigenvalue weighted by atomic mass is 32.1. The zero-order chi connectivity index (χ0) is 21.7. The molecule has 1 amide bonds. The summed E-state index contributed by atoms with van der Waals surface area (Å²) in [6.07, 6.45) is 9.49. The highest BCUT2D eigenvalue weighted by Gasteiger charge is 2.28. The van der Waals surface area contributed by atoms with E-state index in [1.165, 1.54) is 19.3 Å². The number of pyridine rings is 1. The molecular weight excluding hydrogens is 398 g/mol. The van der Waals surface area contributed by atoms with E-state index in [1.54, 1.807) is 0 Å². The van der Waals surface area contributed by atoms with Crippen LogP contribution in [0.1, 0.15) is 80.8 Å². The minimum atomic E-state index is -0.751. The second-order valence-electron chi connectivity index (χ2n) is 8.84. The molecule has 1 atom stereocenters. The van der Waals surface area contributed by atoms with Crippen LogP contribution in [0.4, 0.5) is 5.82 Å². The molecule has 166 valence electrons. The van der Waals surface area contributed by atoms with Crippen molar-refractivity contribution in [2.45, 2.75) is 82.1 Å². The molecule has 0 unspecified atom stereocenters. The van der Waals surface area contributed by atoms with Crippen LogP contribution in [0.2, 0.25) is 0 Å². The smallest absolute Gasteiger partial charge is 0.303 e. The maximum Gasteiger partial charge on any atom is 0.303 e. The number of aliphatic carboxylic acids is 1. The molecule has 1 aliphatic heterocycles. The molecule has 2 heterocycles. The van der Waals surface area contributed by atoms with Crippen molar-refractivity contribution in [1.82, 2.24) is 9.88 Å². The number of carboxylic acid groups (broad SMARTS) is 1. The molecule has 6 nitrogen and oxygen atoms in total. The van der Waals surface area contributed by atoms with E-state index in [1.807, 2.05) is 18.0 Å². The summed E-state index contributed by atoms with van der Waals surface area (Å²) in [5.74, 6) is 0.203. The monoisotopic (exact) mass is 433 g/mol. The van der Waals surface area contributed by atoms with E-state index in [9.17, 15) is 9.59 Å². The van der Waals surface area contributed by atoms with Gasteiger partial charge in [-0.15, -0.1) is 12.6 Å². The second-order valence-corrected chi connectivity index (χ2v) is 9.32. The summed E-state index contributed by atoms with van der Waals surface area (Å²) in [7, 11) is 1.92. The van der Waals surface area contributed by atoms with Crippen molar-refractivity contribution in [2.24, 2.45) is 5.92 Å². The number of thiol groups is 1. The van der Waals surface area contributed by atoms with Crippen LogP contribution in [-0.4, -0.2) is 53.0 Å². The lowest BCUT2D eigenvalue weighted by molar-refractivity contribution is -0.138. The van der Waals surface area contributed by atoms with Crippen LogP contribution < -0.4 is 4.90 Å².